The van der Waals surface area contributed by atoms with Gasteiger partial charge in [0.1, 0.15) is 0 Å². The molecule has 0 saturated heterocycles. The van der Waals surface area contributed by atoms with E-state index in [1.54, 1.807) is 0 Å². The average molecular weight is 278 g/mol. The van der Waals surface area contributed by atoms with E-state index >= 15 is 0 Å². The van der Waals surface area contributed by atoms with E-state index in [9.17, 15) is 10.2 Å². The van der Waals surface area contributed by atoms with Gasteiger partial charge in [0.25, 0.3) is 0 Å². The van der Waals surface area contributed by atoms with Gasteiger partial charge in [0, 0.05) is 0 Å². The van der Waals surface area contributed by atoms with Crippen LogP contribution in [0.15, 0.2) is 11.1 Å². The third-order valence-electron chi connectivity index (χ3n) is 5.99. The first-order chi connectivity index (χ1) is 8.95. The fourth-order valence-corrected chi connectivity index (χ4v) is 5.77. The number of allylic oxidation sites excluding steroid dienone is 1. The molecule has 0 amide bonds. The molecule has 3 rings (SSSR count). The predicted octanol–water partition coefficient (Wildman–Crippen LogP) is 3.82. The van der Waals surface area contributed by atoms with E-state index in [2.05, 4.69) is 34.6 Å². The Morgan fingerprint density at radius 3 is 2.25 bits per heavy atom. The summed E-state index contributed by atoms with van der Waals surface area (Å²) in [4.78, 5) is 0. The van der Waals surface area contributed by atoms with Crippen LogP contribution < -0.4 is 0 Å². The van der Waals surface area contributed by atoms with Crippen molar-refractivity contribution in [1.29, 1.82) is 0 Å². The van der Waals surface area contributed by atoms with Crippen LogP contribution in [0.5, 0.6) is 0 Å². The van der Waals surface area contributed by atoms with Crippen LogP contribution >= 0.6 is 0 Å². The maximum absolute atomic E-state index is 11.3. The molecule has 0 heterocycles. The molecule has 114 valence electrons. The summed E-state index contributed by atoms with van der Waals surface area (Å²) in [6.45, 7) is 11.2. The van der Waals surface area contributed by atoms with Crippen LogP contribution in [0.1, 0.15) is 73.1 Å². The first-order valence-electron chi connectivity index (χ1n) is 8.07. The molecule has 3 aliphatic rings. The molecule has 2 bridgehead atoms. The van der Waals surface area contributed by atoms with Crippen LogP contribution in [0.3, 0.4) is 0 Å². The maximum Gasteiger partial charge on any atom is 0.0870 e. The van der Waals surface area contributed by atoms with Crippen LogP contribution in [0.4, 0.5) is 0 Å². The van der Waals surface area contributed by atoms with Crippen molar-refractivity contribution >= 4 is 0 Å². The smallest absolute Gasteiger partial charge is 0.0870 e. The van der Waals surface area contributed by atoms with E-state index in [1.165, 1.54) is 17.6 Å². The number of hydrogen-bond acceptors (Lipinski definition) is 2. The highest BCUT2D eigenvalue weighted by molar-refractivity contribution is 5.36. The first-order valence-corrected chi connectivity index (χ1v) is 8.07. The molecule has 3 unspecified atom stereocenters. The summed E-state index contributed by atoms with van der Waals surface area (Å²) < 4.78 is 0. The van der Waals surface area contributed by atoms with Crippen molar-refractivity contribution in [2.24, 2.45) is 16.2 Å². The number of fused-ring (bicyclic) bond motifs is 3. The highest BCUT2D eigenvalue weighted by atomic mass is 16.3. The Kier molecular flexibility index (Phi) is 2.84. The zero-order valence-corrected chi connectivity index (χ0v) is 13.7. The number of aliphatic hydroxyl groups excluding tert-OH is 1. The van der Waals surface area contributed by atoms with E-state index < -0.39 is 5.60 Å². The van der Waals surface area contributed by atoms with Gasteiger partial charge in [0.15, 0.2) is 0 Å². The summed E-state index contributed by atoms with van der Waals surface area (Å²) in [5.74, 6) is 0. The lowest BCUT2D eigenvalue weighted by atomic mass is 9.49. The summed E-state index contributed by atoms with van der Waals surface area (Å²) in [6, 6.07) is 0. The molecule has 1 saturated carbocycles. The molecule has 20 heavy (non-hydrogen) atoms. The minimum absolute atomic E-state index is 0.0489. The van der Waals surface area contributed by atoms with Crippen molar-refractivity contribution in [3.8, 4) is 0 Å². The lowest BCUT2D eigenvalue weighted by Gasteiger charge is -2.58. The Morgan fingerprint density at radius 2 is 1.60 bits per heavy atom. The molecule has 1 fully saturated rings. The zero-order chi connectivity index (χ0) is 15.0. The normalized spacial score (nSPS) is 46.0. The van der Waals surface area contributed by atoms with E-state index in [4.69, 9.17) is 0 Å². The molecule has 0 aliphatic heterocycles. The van der Waals surface area contributed by atoms with Gasteiger partial charge in [-0.15, -0.1) is 0 Å². The van der Waals surface area contributed by atoms with Crippen molar-refractivity contribution in [3.05, 3.63) is 11.1 Å². The quantitative estimate of drug-likeness (QED) is 0.661. The lowest BCUT2D eigenvalue weighted by Crippen LogP contribution is -2.54. The van der Waals surface area contributed by atoms with Crippen LogP contribution in [-0.2, 0) is 0 Å². The summed E-state index contributed by atoms with van der Waals surface area (Å²) in [7, 11) is 0. The van der Waals surface area contributed by atoms with Crippen LogP contribution in [-0.4, -0.2) is 21.9 Å². The minimum atomic E-state index is -0.665. The third-order valence-corrected chi connectivity index (χ3v) is 5.99. The lowest BCUT2D eigenvalue weighted by molar-refractivity contribution is -0.0919. The highest BCUT2D eigenvalue weighted by Crippen LogP contribution is 2.62. The molecule has 0 aromatic carbocycles. The van der Waals surface area contributed by atoms with Crippen molar-refractivity contribution in [2.45, 2.75) is 84.8 Å². The monoisotopic (exact) mass is 278 g/mol. The standard InChI is InChI=1S/C18H30O2/c1-15(2)9-17(5)8-12-7-16(3,4)14(19)6-13(12)18(20,10-15)11-17/h14,19-20H,6-11H2,1-5H3. The second kappa shape index (κ2) is 3.89. The van der Waals surface area contributed by atoms with Gasteiger partial charge < -0.3 is 10.2 Å². The van der Waals surface area contributed by atoms with E-state index in [0.717, 1.165) is 25.7 Å². The Hall–Kier alpha value is -0.340. The zero-order valence-electron chi connectivity index (χ0n) is 13.7. The van der Waals surface area contributed by atoms with Gasteiger partial charge in [-0.05, 0) is 60.3 Å². The van der Waals surface area contributed by atoms with Gasteiger partial charge in [0.05, 0.1) is 11.7 Å². The van der Waals surface area contributed by atoms with Gasteiger partial charge >= 0.3 is 0 Å². The summed E-state index contributed by atoms with van der Waals surface area (Å²) in [6.07, 6.45) is 5.34. The van der Waals surface area contributed by atoms with Crippen molar-refractivity contribution in [3.63, 3.8) is 0 Å². The Morgan fingerprint density at radius 1 is 0.950 bits per heavy atom. The van der Waals surface area contributed by atoms with E-state index in [1.807, 2.05) is 0 Å². The van der Waals surface area contributed by atoms with Gasteiger partial charge in [-0.2, -0.15) is 0 Å². The first kappa shape index (κ1) is 14.6. The fourth-order valence-electron chi connectivity index (χ4n) is 5.77. The molecule has 3 aliphatic carbocycles. The molecule has 2 N–H and O–H groups in total. The van der Waals surface area contributed by atoms with Crippen LogP contribution in [0, 0.1) is 16.2 Å². The van der Waals surface area contributed by atoms with Crippen molar-refractivity contribution in [1.82, 2.24) is 0 Å². The molecule has 2 heteroatoms. The molecule has 0 spiro atoms. The Balaban J connectivity index is 2.06. The van der Waals surface area contributed by atoms with E-state index in [-0.39, 0.29) is 22.3 Å². The summed E-state index contributed by atoms with van der Waals surface area (Å²) in [5, 5.41) is 21.8. The topological polar surface area (TPSA) is 40.5 Å². The molecule has 0 aromatic heterocycles. The van der Waals surface area contributed by atoms with Gasteiger partial charge in [-0.25, -0.2) is 0 Å². The molecule has 3 atom stereocenters. The average Bonchev–Trinajstić information content (AvgIpc) is 2.16. The second-order valence-corrected chi connectivity index (χ2v) is 9.68. The third kappa shape index (κ3) is 2.16. The van der Waals surface area contributed by atoms with Crippen molar-refractivity contribution < 1.29 is 10.2 Å². The number of aliphatic hydroxyl groups is 2. The highest BCUT2D eigenvalue weighted by Gasteiger charge is 2.56. The summed E-state index contributed by atoms with van der Waals surface area (Å²) >= 11 is 0. The minimum Gasteiger partial charge on any atom is -0.392 e. The number of hydrogen-bond donors (Lipinski definition) is 2. The van der Waals surface area contributed by atoms with Gasteiger partial charge in [0.2, 0.25) is 0 Å². The Labute approximate surface area is 123 Å². The molecule has 2 nitrogen and oxygen atoms in total. The molecule has 0 aromatic rings. The van der Waals surface area contributed by atoms with E-state index in [0.29, 0.717) is 6.42 Å². The van der Waals surface area contributed by atoms with Crippen LogP contribution in [0.2, 0.25) is 0 Å². The molecule has 0 radical (unpaired) electrons. The Bertz CT molecular complexity index is 474. The van der Waals surface area contributed by atoms with Crippen LogP contribution in [0.25, 0.3) is 0 Å². The second-order valence-electron chi connectivity index (χ2n) is 9.68. The molecular weight excluding hydrogens is 248 g/mol. The fraction of sp³-hybridized carbons (Fsp3) is 0.889. The molecular formula is C18H30O2. The van der Waals surface area contributed by atoms with Gasteiger partial charge in [-0.3, -0.25) is 0 Å². The SMILES string of the molecule is CC1(C)CC2(C)CC3=C(CC(O)C(C)(C)C3)C(O)(C1)C2. The van der Waals surface area contributed by atoms with Gasteiger partial charge in [-0.1, -0.05) is 40.2 Å². The number of rotatable bonds is 0. The largest absolute Gasteiger partial charge is 0.392 e. The van der Waals surface area contributed by atoms with Crippen molar-refractivity contribution in [2.75, 3.05) is 0 Å². The predicted molar refractivity (Wildman–Crippen MR) is 81.4 cm³/mol. The maximum atomic E-state index is 11.3. The summed E-state index contributed by atoms with van der Waals surface area (Å²) in [5.41, 5.74) is 2.35.